The van der Waals surface area contributed by atoms with Crippen LogP contribution in [0.15, 0.2) is 58.3 Å². The first-order valence-electron chi connectivity index (χ1n) is 10.8. The van der Waals surface area contributed by atoms with Gasteiger partial charge in [-0.25, -0.2) is 8.42 Å². The van der Waals surface area contributed by atoms with Crippen molar-refractivity contribution in [3.8, 4) is 0 Å². The van der Waals surface area contributed by atoms with Crippen LogP contribution in [0.4, 0.5) is 0 Å². The van der Waals surface area contributed by atoms with Crippen molar-refractivity contribution >= 4 is 20.0 Å². The largest absolute Gasteiger partial charge is 0.285 e. The van der Waals surface area contributed by atoms with Gasteiger partial charge >= 0.3 is 0 Å². The van der Waals surface area contributed by atoms with Crippen molar-refractivity contribution in [2.24, 2.45) is 0 Å². The molecule has 176 valence electrons. The summed E-state index contributed by atoms with van der Waals surface area (Å²) in [4.78, 5) is 0.537. The second kappa shape index (κ2) is 9.41. The lowest BCUT2D eigenvalue weighted by atomic mass is 9.94. The molecule has 33 heavy (non-hydrogen) atoms. The maximum atomic E-state index is 13.4. The molecule has 1 N–H and O–H groups in total. The predicted octanol–water partition coefficient (Wildman–Crippen LogP) is 5.29. The van der Waals surface area contributed by atoms with Crippen LogP contribution in [-0.2, 0) is 38.5 Å². The summed E-state index contributed by atoms with van der Waals surface area (Å²) in [5.74, 6) is -0.458. The van der Waals surface area contributed by atoms with Gasteiger partial charge in [0.15, 0.2) is 0 Å². The molecule has 3 aromatic carbocycles. The molecule has 0 heterocycles. The van der Waals surface area contributed by atoms with E-state index in [0.29, 0.717) is 16.9 Å². The standard InChI is InChI=1S/C26H30O5S2/c1-6-25-17(2)11-23(12-18(25)3)33(30,31)24-13-19(4)26(20(5)14-24)15-21-9-7-8-10-22(21)16-32(27,28)29/h7-14H,6,15-16H2,1-5H3,(H,27,28,29). The van der Waals surface area contributed by atoms with E-state index >= 15 is 0 Å². The molecule has 0 saturated carbocycles. The van der Waals surface area contributed by atoms with Crippen LogP contribution in [0.1, 0.15) is 51.4 Å². The Morgan fingerprint density at radius 2 is 1.12 bits per heavy atom. The minimum absolute atomic E-state index is 0.246. The summed E-state index contributed by atoms with van der Waals surface area (Å²) in [5.41, 5.74) is 6.97. The van der Waals surface area contributed by atoms with Crippen molar-refractivity contribution in [1.29, 1.82) is 0 Å². The van der Waals surface area contributed by atoms with Crippen LogP contribution in [0.3, 0.4) is 0 Å². The first-order valence-corrected chi connectivity index (χ1v) is 13.9. The monoisotopic (exact) mass is 486 g/mol. The number of rotatable bonds is 7. The Balaban J connectivity index is 2.03. The van der Waals surface area contributed by atoms with Crippen molar-refractivity contribution in [3.05, 3.63) is 93.0 Å². The van der Waals surface area contributed by atoms with E-state index in [1.54, 1.807) is 36.4 Å². The minimum atomic E-state index is -4.16. The lowest BCUT2D eigenvalue weighted by Gasteiger charge is -2.16. The first kappa shape index (κ1) is 25.1. The summed E-state index contributed by atoms with van der Waals surface area (Å²) >= 11 is 0. The highest BCUT2D eigenvalue weighted by Crippen LogP contribution is 2.30. The van der Waals surface area contributed by atoms with Crippen molar-refractivity contribution in [2.45, 2.75) is 63.0 Å². The Morgan fingerprint density at radius 3 is 1.55 bits per heavy atom. The molecule has 0 aliphatic carbocycles. The molecule has 0 aliphatic rings. The number of sulfone groups is 1. The fourth-order valence-corrected chi connectivity index (χ4v) is 6.72. The van der Waals surface area contributed by atoms with E-state index in [1.807, 2.05) is 39.8 Å². The molecule has 3 rings (SSSR count). The quantitative estimate of drug-likeness (QED) is 0.458. The zero-order valence-corrected chi connectivity index (χ0v) is 21.3. The van der Waals surface area contributed by atoms with Gasteiger partial charge in [-0.05, 0) is 109 Å². The van der Waals surface area contributed by atoms with Gasteiger partial charge in [-0.1, -0.05) is 31.2 Å². The van der Waals surface area contributed by atoms with Crippen molar-refractivity contribution in [2.75, 3.05) is 0 Å². The molecule has 5 nitrogen and oxygen atoms in total. The molecular formula is C26H30O5S2. The van der Waals surface area contributed by atoms with Gasteiger partial charge in [-0.2, -0.15) is 8.42 Å². The van der Waals surface area contributed by atoms with E-state index in [9.17, 15) is 21.4 Å². The Labute approximate surface area is 197 Å². The molecule has 0 bridgehead atoms. The van der Waals surface area contributed by atoms with E-state index < -0.39 is 25.7 Å². The molecular weight excluding hydrogens is 456 g/mol. The number of benzene rings is 3. The van der Waals surface area contributed by atoms with Crippen LogP contribution in [0.25, 0.3) is 0 Å². The lowest BCUT2D eigenvalue weighted by molar-refractivity contribution is 0.482. The second-order valence-corrected chi connectivity index (χ2v) is 12.0. The molecule has 0 radical (unpaired) electrons. The van der Waals surface area contributed by atoms with E-state index in [4.69, 9.17) is 0 Å². The van der Waals surface area contributed by atoms with Crippen LogP contribution < -0.4 is 0 Å². The number of hydrogen-bond donors (Lipinski definition) is 1. The third-order valence-electron chi connectivity index (χ3n) is 6.14. The topological polar surface area (TPSA) is 88.5 Å². The molecule has 0 fully saturated rings. The maximum absolute atomic E-state index is 13.4. The molecule has 3 aromatic rings. The molecule has 0 unspecified atom stereocenters. The van der Waals surface area contributed by atoms with Gasteiger partial charge in [-0.15, -0.1) is 0 Å². The molecule has 0 aliphatic heterocycles. The SMILES string of the molecule is CCc1c(C)cc(S(=O)(=O)c2cc(C)c(Cc3ccccc3CS(=O)(=O)O)c(C)c2)cc1C. The zero-order chi connectivity index (χ0) is 24.6. The van der Waals surface area contributed by atoms with Crippen LogP contribution in [-0.4, -0.2) is 21.4 Å². The van der Waals surface area contributed by atoms with Gasteiger partial charge in [0.2, 0.25) is 9.84 Å². The predicted molar refractivity (Wildman–Crippen MR) is 131 cm³/mol. The Hall–Kier alpha value is -2.48. The average molecular weight is 487 g/mol. The minimum Gasteiger partial charge on any atom is -0.285 e. The fourth-order valence-electron chi connectivity index (χ4n) is 4.45. The van der Waals surface area contributed by atoms with Crippen LogP contribution in [0, 0.1) is 27.7 Å². The second-order valence-electron chi connectivity index (χ2n) is 8.60. The molecule has 0 aromatic heterocycles. The van der Waals surface area contributed by atoms with Gasteiger partial charge in [0.25, 0.3) is 10.1 Å². The lowest BCUT2D eigenvalue weighted by Crippen LogP contribution is -2.08. The summed E-state index contributed by atoms with van der Waals surface area (Å²) < 4.78 is 59.0. The smallest absolute Gasteiger partial charge is 0.269 e. The van der Waals surface area contributed by atoms with Crippen molar-refractivity contribution in [3.63, 3.8) is 0 Å². The van der Waals surface area contributed by atoms with E-state index in [2.05, 4.69) is 6.92 Å². The Kier molecular flexibility index (Phi) is 7.17. The van der Waals surface area contributed by atoms with Gasteiger partial charge in [-0.3, -0.25) is 4.55 Å². The zero-order valence-electron chi connectivity index (χ0n) is 19.6. The molecule has 0 spiro atoms. The molecule has 0 amide bonds. The number of hydrogen-bond acceptors (Lipinski definition) is 4. The first-order chi connectivity index (χ1) is 15.3. The summed E-state index contributed by atoms with van der Waals surface area (Å²) in [5, 5.41) is 0. The highest BCUT2D eigenvalue weighted by molar-refractivity contribution is 7.91. The van der Waals surface area contributed by atoms with Crippen LogP contribution >= 0.6 is 0 Å². The number of aryl methyl sites for hydroxylation is 4. The van der Waals surface area contributed by atoms with Gasteiger partial charge in [0.05, 0.1) is 9.79 Å². The van der Waals surface area contributed by atoms with Gasteiger partial charge in [0.1, 0.15) is 5.75 Å². The van der Waals surface area contributed by atoms with Crippen molar-refractivity contribution in [1.82, 2.24) is 0 Å². The Bertz CT molecular complexity index is 1370. The summed E-state index contributed by atoms with van der Waals surface area (Å²) in [7, 11) is -7.85. The summed E-state index contributed by atoms with van der Waals surface area (Å²) in [6, 6.07) is 13.9. The van der Waals surface area contributed by atoms with E-state index in [0.717, 1.165) is 39.8 Å². The normalized spacial score (nSPS) is 12.2. The van der Waals surface area contributed by atoms with E-state index in [-0.39, 0.29) is 4.90 Å². The van der Waals surface area contributed by atoms with Crippen LogP contribution in [0.2, 0.25) is 0 Å². The molecule has 0 atom stereocenters. The highest BCUT2D eigenvalue weighted by Gasteiger charge is 2.22. The summed E-state index contributed by atoms with van der Waals surface area (Å²) in [6.07, 6.45) is 1.29. The average Bonchev–Trinajstić information content (AvgIpc) is 2.70. The van der Waals surface area contributed by atoms with Crippen molar-refractivity contribution < 1.29 is 21.4 Å². The highest BCUT2D eigenvalue weighted by atomic mass is 32.2. The Morgan fingerprint density at radius 1 is 0.697 bits per heavy atom. The third kappa shape index (κ3) is 5.54. The maximum Gasteiger partial charge on any atom is 0.269 e. The molecule has 7 heteroatoms. The fraction of sp³-hybridized carbons (Fsp3) is 0.308. The van der Waals surface area contributed by atoms with Gasteiger partial charge in [0, 0.05) is 0 Å². The third-order valence-corrected chi connectivity index (χ3v) is 8.53. The molecule has 0 saturated heterocycles. The summed E-state index contributed by atoms with van der Waals surface area (Å²) in [6.45, 7) is 9.67. The van der Waals surface area contributed by atoms with E-state index in [1.165, 1.54) is 5.56 Å². The van der Waals surface area contributed by atoms with Crippen LogP contribution in [0.5, 0.6) is 0 Å². The van der Waals surface area contributed by atoms with Gasteiger partial charge < -0.3 is 0 Å².